The third-order valence-corrected chi connectivity index (χ3v) is 3.90. The first kappa shape index (κ1) is 12.6. The first-order valence-electron chi connectivity index (χ1n) is 6.64. The maximum absolute atomic E-state index is 6.37. The fourth-order valence-corrected chi connectivity index (χ4v) is 2.51. The Morgan fingerprint density at radius 1 is 1.29 bits per heavy atom. The molecule has 94 valence electrons. The second kappa shape index (κ2) is 5.19. The van der Waals surface area contributed by atoms with Gasteiger partial charge in [0, 0.05) is 6.61 Å². The van der Waals surface area contributed by atoms with Crippen LogP contribution in [0.4, 0.5) is 0 Å². The molecule has 2 atom stereocenters. The Morgan fingerprint density at radius 3 is 2.53 bits per heavy atom. The smallest absolute Gasteiger partial charge is 0.0846 e. The molecule has 2 heteroatoms. The van der Waals surface area contributed by atoms with Crippen LogP contribution in [0.1, 0.15) is 50.3 Å². The van der Waals surface area contributed by atoms with Gasteiger partial charge in [-0.1, -0.05) is 31.2 Å². The summed E-state index contributed by atoms with van der Waals surface area (Å²) in [6.45, 7) is 5.16. The average Bonchev–Trinajstić information content (AvgIpc) is 2.39. The molecule has 0 aromatic heterocycles. The van der Waals surface area contributed by atoms with Gasteiger partial charge in [-0.3, -0.25) is 0 Å². The Bertz CT molecular complexity index is 352. The molecule has 2 rings (SSSR count). The van der Waals surface area contributed by atoms with Crippen LogP contribution < -0.4 is 5.73 Å². The van der Waals surface area contributed by atoms with Crippen LogP contribution in [0, 0.1) is 0 Å². The second-order valence-corrected chi connectivity index (χ2v) is 5.19. The molecule has 1 aromatic carbocycles. The van der Waals surface area contributed by atoms with Gasteiger partial charge in [-0.05, 0) is 43.7 Å². The van der Waals surface area contributed by atoms with E-state index in [9.17, 15) is 0 Å². The van der Waals surface area contributed by atoms with Crippen molar-refractivity contribution in [3.63, 3.8) is 0 Å². The highest BCUT2D eigenvalue weighted by Crippen LogP contribution is 2.34. The Kier molecular flexibility index (Phi) is 3.85. The fraction of sp³-hybridized carbons (Fsp3) is 0.600. The summed E-state index contributed by atoms with van der Waals surface area (Å²) in [6, 6.07) is 8.61. The highest BCUT2D eigenvalue weighted by Gasteiger charge is 2.35. The zero-order valence-corrected chi connectivity index (χ0v) is 10.9. The molecular formula is C15H23NO. The van der Waals surface area contributed by atoms with Crippen LogP contribution in [0.15, 0.2) is 24.3 Å². The molecule has 0 aliphatic carbocycles. The van der Waals surface area contributed by atoms with Crippen molar-refractivity contribution in [2.45, 2.75) is 51.2 Å². The molecule has 1 fully saturated rings. The molecule has 0 amide bonds. The first-order valence-corrected chi connectivity index (χ1v) is 6.64. The Balaban J connectivity index is 2.14. The van der Waals surface area contributed by atoms with Crippen LogP contribution in [-0.4, -0.2) is 12.2 Å². The van der Waals surface area contributed by atoms with E-state index >= 15 is 0 Å². The van der Waals surface area contributed by atoms with Crippen molar-refractivity contribution in [1.82, 2.24) is 0 Å². The normalized spacial score (nSPS) is 26.8. The molecule has 1 saturated heterocycles. The summed E-state index contributed by atoms with van der Waals surface area (Å²) >= 11 is 0. The minimum atomic E-state index is -0.189. The quantitative estimate of drug-likeness (QED) is 0.870. The monoisotopic (exact) mass is 233 g/mol. The molecule has 2 nitrogen and oxygen atoms in total. The van der Waals surface area contributed by atoms with Crippen molar-refractivity contribution in [3.05, 3.63) is 35.4 Å². The predicted octanol–water partition coefficient (Wildman–Crippen LogP) is 3.21. The van der Waals surface area contributed by atoms with E-state index in [-0.39, 0.29) is 11.6 Å². The van der Waals surface area contributed by atoms with Crippen LogP contribution in [0.5, 0.6) is 0 Å². The second-order valence-electron chi connectivity index (χ2n) is 5.19. The zero-order valence-electron chi connectivity index (χ0n) is 10.9. The average molecular weight is 233 g/mol. The molecule has 17 heavy (non-hydrogen) atoms. The minimum Gasteiger partial charge on any atom is -0.373 e. The third-order valence-electron chi connectivity index (χ3n) is 3.90. The van der Waals surface area contributed by atoms with Crippen LogP contribution in [-0.2, 0) is 11.2 Å². The van der Waals surface area contributed by atoms with Crippen molar-refractivity contribution in [2.75, 3.05) is 6.61 Å². The summed E-state index contributed by atoms with van der Waals surface area (Å²) in [6.07, 6.45) is 4.52. The summed E-state index contributed by atoms with van der Waals surface area (Å²) in [7, 11) is 0. The van der Waals surface area contributed by atoms with Crippen molar-refractivity contribution in [1.29, 1.82) is 0 Å². The summed E-state index contributed by atoms with van der Waals surface area (Å²) < 4.78 is 5.91. The molecule has 0 saturated carbocycles. The summed E-state index contributed by atoms with van der Waals surface area (Å²) in [5.41, 5.74) is 8.73. The first-order chi connectivity index (χ1) is 8.15. The lowest BCUT2D eigenvalue weighted by molar-refractivity contribution is -0.0820. The summed E-state index contributed by atoms with van der Waals surface area (Å²) in [5.74, 6) is 0. The maximum atomic E-state index is 6.37. The standard InChI is InChI=1S/C15H23NO/c1-3-12-6-8-13(9-7-12)14(16)15(2)10-4-5-11-17-15/h6-9,14H,3-5,10-11,16H2,1-2H3. The lowest BCUT2D eigenvalue weighted by Crippen LogP contribution is -2.43. The van der Waals surface area contributed by atoms with Gasteiger partial charge < -0.3 is 10.5 Å². The number of hydrogen-bond donors (Lipinski definition) is 1. The molecule has 1 aliphatic rings. The fourth-order valence-electron chi connectivity index (χ4n) is 2.51. The molecule has 0 bridgehead atoms. The lowest BCUT2D eigenvalue weighted by atomic mass is 9.84. The zero-order chi connectivity index (χ0) is 12.3. The van der Waals surface area contributed by atoms with Crippen molar-refractivity contribution < 1.29 is 4.74 Å². The van der Waals surface area contributed by atoms with Crippen LogP contribution >= 0.6 is 0 Å². The Morgan fingerprint density at radius 2 is 2.00 bits per heavy atom. The van der Waals surface area contributed by atoms with E-state index in [1.165, 1.54) is 17.5 Å². The molecule has 1 aromatic rings. The molecule has 2 N–H and O–H groups in total. The number of benzene rings is 1. The van der Waals surface area contributed by atoms with Crippen molar-refractivity contribution >= 4 is 0 Å². The van der Waals surface area contributed by atoms with Gasteiger partial charge in [0.15, 0.2) is 0 Å². The number of aryl methyl sites for hydroxylation is 1. The van der Waals surface area contributed by atoms with E-state index in [2.05, 4.69) is 38.1 Å². The molecule has 0 radical (unpaired) electrons. The van der Waals surface area contributed by atoms with Gasteiger partial charge in [-0.15, -0.1) is 0 Å². The SMILES string of the molecule is CCc1ccc(C(N)C2(C)CCCCO2)cc1. The molecule has 0 spiro atoms. The third kappa shape index (κ3) is 2.70. The van der Waals surface area contributed by atoms with Gasteiger partial charge in [0.25, 0.3) is 0 Å². The molecule has 2 unspecified atom stereocenters. The minimum absolute atomic E-state index is 0.0197. The molecule has 1 heterocycles. The topological polar surface area (TPSA) is 35.2 Å². The van der Waals surface area contributed by atoms with Gasteiger partial charge in [0.2, 0.25) is 0 Å². The summed E-state index contributed by atoms with van der Waals surface area (Å²) in [4.78, 5) is 0. The maximum Gasteiger partial charge on any atom is 0.0846 e. The van der Waals surface area contributed by atoms with E-state index in [0.717, 1.165) is 25.9 Å². The predicted molar refractivity (Wildman–Crippen MR) is 71.0 cm³/mol. The highest BCUT2D eigenvalue weighted by molar-refractivity contribution is 5.26. The van der Waals surface area contributed by atoms with Gasteiger partial charge in [0.05, 0.1) is 11.6 Å². The molecular weight excluding hydrogens is 210 g/mol. The van der Waals surface area contributed by atoms with Crippen LogP contribution in [0.2, 0.25) is 0 Å². The largest absolute Gasteiger partial charge is 0.373 e. The van der Waals surface area contributed by atoms with Gasteiger partial charge in [-0.2, -0.15) is 0 Å². The van der Waals surface area contributed by atoms with Gasteiger partial charge in [-0.25, -0.2) is 0 Å². The van der Waals surface area contributed by atoms with E-state index < -0.39 is 0 Å². The highest BCUT2D eigenvalue weighted by atomic mass is 16.5. The summed E-state index contributed by atoms with van der Waals surface area (Å²) in [5, 5.41) is 0. The van der Waals surface area contributed by atoms with Gasteiger partial charge >= 0.3 is 0 Å². The van der Waals surface area contributed by atoms with Crippen LogP contribution in [0.3, 0.4) is 0 Å². The lowest BCUT2D eigenvalue weighted by Gasteiger charge is -2.39. The van der Waals surface area contributed by atoms with E-state index in [0.29, 0.717) is 0 Å². The van der Waals surface area contributed by atoms with E-state index in [1.54, 1.807) is 0 Å². The number of nitrogens with two attached hydrogens (primary N) is 1. The van der Waals surface area contributed by atoms with Crippen molar-refractivity contribution in [3.8, 4) is 0 Å². The number of ether oxygens (including phenoxy) is 1. The van der Waals surface area contributed by atoms with Gasteiger partial charge in [0.1, 0.15) is 0 Å². The number of hydrogen-bond acceptors (Lipinski definition) is 2. The molecule has 1 aliphatic heterocycles. The Labute approximate surface area is 104 Å². The van der Waals surface area contributed by atoms with E-state index in [1.807, 2.05) is 0 Å². The van der Waals surface area contributed by atoms with Crippen LogP contribution in [0.25, 0.3) is 0 Å². The Hall–Kier alpha value is -0.860. The van der Waals surface area contributed by atoms with Crippen molar-refractivity contribution in [2.24, 2.45) is 5.73 Å². The van der Waals surface area contributed by atoms with E-state index in [4.69, 9.17) is 10.5 Å². The number of rotatable bonds is 3.